The first-order valence-electron chi connectivity index (χ1n) is 5.83. The van der Waals surface area contributed by atoms with Gasteiger partial charge in [-0.3, -0.25) is 0 Å². The Morgan fingerprint density at radius 1 is 1.21 bits per heavy atom. The molecule has 0 bridgehead atoms. The van der Waals surface area contributed by atoms with Gasteiger partial charge in [-0.2, -0.15) is 0 Å². The van der Waals surface area contributed by atoms with Crippen molar-refractivity contribution < 1.29 is 0 Å². The summed E-state index contributed by atoms with van der Waals surface area (Å²) in [5.41, 5.74) is 0.353. The Kier molecular flexibility index (Phi) is 4.18. The number of nitrogens with zero attached hydrogens (tertiary/aromatic N) is 1. The van der Waals surface area contributed by atoms with Gasteiger partial charge in [0.2, 0.25) is 0 Å². The maximum atomic E-state index is 2.43. The highest BCUT2D eigenvalue weighted by atomic mass is 15.1. The maximum absolute atomic E-state index is 2.43. The van der Waals surface area contributed by atoms with Crippen LogP contribution >= 0.6 is 0 Å². The normalized spacial score (nSPS) is 22.0. The topological polar surface area (TPSA) is 3.24 Å². The Bertz CT molecular complexity index is 180. The van der Waals surface area contributed by atoms with Crippen molar-refractivity contribution in [1.82, 2.24) is 4.90 Å². The fourth-order valence-corrected chi connectivity index (χ4v) is 1.91. The van der Waals surface area contributed by atoms with E-state index in [1.54, 1.807) is 0 Å². The zero-order valence-electron chi connectivity index (χ0n) is 10.2. The van der Waals surface area contributed by atoms with E-state index in [-0.39, 0.29) is 0 Å². The van der Waals surface area contributed by atoms with Crippen molar-refractivity contribution in [3.8, 4) is 0 Å². The van der Waals surface area contributed by atoms with Gasteiger partial charge >= 0.3 is 0 Å². The van der Waals surface area contributed by atoms with Gasteiger partial charge in [-0.25, -0.2) is 0 Å². The van der Waals surface area contributed by atoms with Crippen LogP contribution in [0.5, 0.6) is 0 Å². The van der Waals surface area contributed by atoms with Crippen LogP contribution in [0.15, 0.2) is 12.2 Å². The summed E-state index contributed by atoms with van der Waals surface area (Å²) in [5.74, 6) is 0.935. The predicted octanol–water partition coefficient (Wildman–Crippen LogP) is 3.32. The number of likely N-dealkylation sites (tertiary alicyclic amines) is 1. The highest BCUT2D eigenvalue weighted by molar-refractivity contribution is 4.93. The van der Waals surface area contributed by atoms with Gasteiger partial charge < -0.3 is 4.90 Å². The number of allylic oxidation sites excluding steroid dienone is 2. The molecule has 0 saturated carbocycles. The van der Waals surface area contributed by atoms with Crippen molar-refractivity contribution in [3.63, 3.8) is 0 Å². The van der Waals surface area contributed by atoms with Crippen molar-refractivity contribution in [1.29, 1.82) is 0 Å². The fourth-order valence-electron chi connectivity index (χ4n) is 1.91. The monoisotopic (exact) mass is 195 g/mol. The second-order valence-electron chi connectivity index (χ2n) is 5.75. The van der Waals surface area contributed by atoms with Crippen molar-refractivity contribution in [3.05, 3.63) is 12.2 Å². The molecule has 1 aliphatic rings. The molecule has 0 aliphatic carbocycles. The lowest BCUT2D eigenvalue weighted by molar-refractivity contribution is 0.220. The van der Waals surface area contributed by atoms with Crippen LogP contribution in [0.1, 0.15) is 40.0 Å². The number of rotatable bonds is 2. The molecule has 1 rings (SSSR count). The third-order valence-corrected chi connectivity index (χ3v) is 2.93. The van der Waals surface area contributed by atoms with E-state index in [9.17, 15) is 0 Å². The molecule has 0 amide bonds. The summed E-state index contributed by atoms with van der Waals surface area (Å²) in [5, 5.41) is 0. The summed E-state index contributed by atoms with van der Waals surface area (Å²) in [7, 11) is 2.22. The van der Waals surface area contributed by atoms with Crippen molar-refractivity contribution in [2.75, 3.05) is 20.1 Å². The molecular formula is C13H25N. The minimum Gasteiger partial charge on any atom is -0.306 e. The van der Waals surface area contributed by atoms with E-state index in [1.807, 2.05) is 0 Å². The van der Waals surface area contributed by atoms with Gasteiger partial charge in [0.15, 0.2) is 0 Å². The highest BCUT2D eigenvalue weighted by Gasteiger charge is 2.15. The quantitative estimate of drug-likeness (QED) is 0.611. The molecule has 1 heteroatoms. The molecule has 1 aliphatic heterocycles. The van der Waals surface area contributed by atoms with E-state index in [1.165, 1.54) is 32.4 Å². The zero-order chi connectivity index (χ0) is 10.6. The molecule has 14 heavy (non-hydrogen) atoms. The summed E-state index contributed by atoms with van der Waals surface area (Å²) >= 11 is 0. The van der Waals surface area contributed by atoms with E-state index in [0.717, 1.165) is 5.92 Å². The van der Waals surface area contributed by atoms with Crippen LogP contribution in [0.25, 0.3) is 0 Å². The van der Waals surface area contributed by atoms with Gasteiger partial charge in [0.05, 0.1) is 0 Å². The van der Waals surface area contributed by atoms with Crippen LogP contribution in [-0.4, -0.2) is 25.0 Å². The van der Waals surface area contributed by atoms with Crippen LogP contribution in [-0.2, 0) is 0 Å². The molecular weight excluding hydrogens is 170 g/mol. The van der Waals surface area contributed by atoms with Crippen LogP contribution in [0.3, 0.4) is 0 Å². The predicted molar refractivity (Wildman–Crippen MR) is 63.4 cm³/mol. The van der Waals surface area contributed by atoms with Crippen LogP contribution in [0.4, 0.5) is 0 Å². The van der Waals surface area contributed by atoms with Crippen LogP contribution in [0, 0.1) is 11.3 Å². The molecule has 0 N–H and O–H groups in total. The summed E-state index contributed by atoms with van der Waals surface area (Å²) in [6, 6.07) is 0. The largest absolute Gasteiger partial charge is 0.306 e. The average molecular weight is 195 g/mol. The lowest BCUT2D eigenvalue weighted by atomic mass is 9.91. The lowest BCUT2D eigenvalue weighted by Gasteiger charge is -2.28. The minimum atomic E-state index is 0.353. The van der Waals surface area contributed by atoms with E-state index in [0.29, 0.717) is 5.41 Å². The first kappa shape index (κ1) is 11.8. The Labute approximate surface area is 89.2 Å². The smallest absolute Gasteiger partial charge is 0.00190 e. The fraction of sp³-hybridized carbons (Fsp3) is 0.846. The van der Waals surface area contributed by atoms with E-state index in [4.69, 9.17) is 0 Å². The van der Waals surface area contributed by atoms with Gasteiger partial charge in [-0.1, -0.05) is 32.9 Å². The molecule has 0 atom stereocenters. The van der Waals surface area contributed by atoms with E-state index >= 15 is 0 Å². The van der Waals surface area contributed by atoms with Crippen molar-refractivity contribution in [2.45, 2.75) is 40.0 Å². The molecule has 0 aromatic heterocycles. The van der Waals surface area contributed by atoms with E-state index in [2.05, 4.69) is 44.9 Å². The SMILES string of the molecule is CN1CCC(C/C=C/C(C)(C)C)CC1. The van der Waals surface area contributed by atoms with Gasteiger partial charge in [0, 0.05) is 0 Å². The third kappa shape index (κ3) is 4.80. The molecule has 1 heterocycles. The standard InChI is InChI=1S/C13H25N/c1-13(2,3)9-5-6-12-7-10-14(4)11-8-12/h5,9,12H,6-8,10-11H2,1-4H3/b9-5+. The molecule has 1 saturated heterocycles. The molecule has 0 unspecified atom stereocenters. The lowest BCUT2D eigenvalue weighted by Crippen LogP contribution is -2.29. The second kappa shape index (κ2) is 4.97. The van der Waals surface area contributed by atoms with Gasteiger partial charge in [-0.05, 0) is 50.7 Å². The van der Waals surface area contributed by atoms with Crippen LogP contribution in [0.2, 0.25) is 0 Å². The molecule has 0 aromatic carbocycles. The molecule has 0 radical (unpaired) electrons. The molecule has 0 aromatic rings. The summed E-state index contributed by atoms with van der Waals surface area (Å²) < 4.78 is 0. The Morgan fingerprint density at radius 3 is 2.29 bits per heavy atom. The number of piperidine rings is 1. The van der Waals surface area contributed by atoms with Gasteiger partial charge in [-0.15, -0.1) is 0 Å². The molecule has 0 spiro atoms. The Hall–Kier alpha value is -0.300. The number of hydrogen-bond acceptors (Lipinski definition) is 1. The summed E-state index contributed by atoms with van der Waals surface area (Å²) in [6.07, 6.45) is 8.78. The molecule has 1 fully saturated rings. The second-order valence-corrected chi connectivity index (χ2v) is 5.75. The first-order chi connectivity index (χ1) is 6.47. The number of hydrogen-bond donors (Lipinski definition) is 0. The Morgan fingerprint density at radius 2 is 1.79 bits per heavy atom. The first-order valence-corrected chi connectivity index (χ1v) is 5.83. The van der Waals surface area contributed by atoms with E-state index < -0.39 is 0 Å². The van der Waals surface area contributed by atoms with Crippen molar-refractivity contribution >= 4 is 0 Å². The van der Waals surface area contributed by atoms with Crippen LogP contribution < -0.4 is 0 Å². The van der Waals surface area contributed by atoms with Crippen molar-refractivity contribution in [2.24, 2.45) is 11.3 Å². The average Bonchev–Trinajstić information content (AvgIpc) is 2.06. The summed E-state index contributed by atoms with van der Waals surface area (Å²) in [4.78, 5) is 2.43. The maximum Gasteiger partial charge on any atom is -0.00190 e. The minimum absolute atomic E-state index is 0.353. The summed E-state index contributed by atoms with van der Waals surface area (Å²) in [6.45, 7) is 9.36. The molecule has 1 nitrogen and oxygen atoms in total. The van der Waals surface area contributed by atoms with Gasteiger partial charge in [0.1, 0.15) is 0 Å². The molecule has 82 valence electrons. The van der Waals surface area contributed by atoms with Gasteiger partial charge in [0.25, 0.3) is 0 Å². The highest BCUT2D eigenvalue weighted by Crippen LogP contribution is 2.22. The Balaban J connectivity index is 2.22. The third-order valence-electron chi connectivity index (χ3n) is 2.93. The zero-order valence-corrected chi connectivity index (χ0v) is 10.2.